The Bertz CT molecular complexity index is 628. The van der Waals surface area contributed by atoms with Gasteiger partial charge in [-0.3, -0.25) is 0 Å². The van der Waals surface area contributed by atoms with Gasteiger partial charge in [-0.05, 0) is 17.7 Å². The van der Waals surface area contributed by atoms with Gasteiger partial charge in [-0.25, -0.2) is 4.39 Å². The van der Waals surface area contributed by atoms with Gasteiger partial charge in [0.05, 0.1) is 23.8 Å². The highest BCUT2D eigenvalue weighted by Crippen LogP contribution is 2.33. The maximum atomic E-state index is 13.6. The van der Waals surface area contributed by atoms with Crippen molar-refractivity contribution in [2.24, 2.45) is 0 Å². The van der Waals surface area contributed by atoms with Gasteiger partial charge in [0.1, 0.15) is 5.82 Å². The monoisotopic (exact) mass is 325 g/mol. The number of rotatable bonds is 2. The molecular formula is C16H14Cl2FNO. The molecule has 5 heteroatoms. The topological polar surface area (TPSA) is 21.3 Å². The minimum Gasteiger partial charge on any atom is -0.370 e. The molecule has 0 aliphatic carbocycles. The first-order chi connectivity index (χ1) is 10.1. The lowest BCUT2D eigenvalue weighted by molar-refractivity contribution is 0.00229. The zero-order valence-corrected chi connectivity index (χ0v) is 12.7. The fraction of sp³-hybridized carbons (Fsp3) is 0.250. The first-order valence-corrected chi connectivity index (χ1v) is 7.45. The number of hydrogen-bond donors (Lipinski definition) is 1. The second-order valence-electron chi connectivity index (χ2n) is 4.98. The summed E-state index contributed by atoms with van der Waals surface area (Å²) >= 11 is 11.8. The molecule has 1 aliphatic rings. The molecule has 0 spiro atoms. The lowest BCUT2D eigenvalue weighted by Crippen LogP contribution is -2.37. The number of morpholine rings is 1. The Morgan fingerprint density at radius 2 is 1.86 bits per heavy atom. The van der Waals surface area contributed by atoms with Gasteiger partial charge in [0.25, 0.3) is 0 Å². The van der Waals surface area contributed by atoms with E-state index in [2.05, 4.69) is 17.4 Å². The van der Waals surface area contributed by atoms with Crippen molar-refractivity contribution in [1.82, 2.24) is 5.32 Å². The predicted molar refractivity (Wildman–Crippen MR) is 82.3 cm³/mol. The first kappa shape index (κ1) is 14.8. The summed E-state index contributed by atoms with van der Waals surface area (Å²) in [5.41, 5.74) is 1.79. The molecule has 1 saturated heterocycles. The van der Waals surface area contributed by atoms with Crippen LogP contribution in [0.5, 0.6) is 0 Å². The molecule has 0 bridgehead atoms. The molecule has 0 radical (unpaired) electrons. The molecule has 0 saturated carbocycles. The number of benzene rings is 2. The summed E-state index contributed by atoms with van der Waals surface area (Å²) in [7, 11) is 0. The third-order valence-electron chi connectivity index (χ3n) is 3.60. The standard InChI is InChI=1S/C16H14Cl2FNO/c17-12-7-13(18)14(19)6-11(12)16-8-20-15(9-21-16)10-4-2-1-3-5-10/h1-7,15-16,20H,8-9H2. The van der Waals surface area contributed by atoms with Crippen LogP contribution in [0.15, 0.2) is 42.5 Å². The Hall–Kier alpha value is -1.13. The largest absolute Gasteiger partial charge is 0.370 e. The second kappa shape index (κ2) is 6.32. The van der Waals surface area contributed by atoms with Gasteiger partial charge in [0.2, 0.25) is 0 Å². The van der Waals surface area contributed by atoms with Crippen LogP contribution >= 0.6 is 23.2 Å². The summed E-state index contributed by atoms with van der Waals surface area (Å²) < 4.78 is 19.4. The van der Waals surface area contributed by atoms with Gasteiger partial charge in [0, 0.05) is 17.1 Å². The van der Waals surface area contributed by atoms with E-state index in [9.17, 15) is 4.39 Å². The lowest BCUT2D eigenvalue weighted by Gasteiger charge is -2.31. The van der Waals surface area contributed by atoms with Crippen LogP contribution in [0.4, 0.5) is 4.39 Å². The van der Waals surface area contributed by atoms with Crippen molar-refractivity contribution in [2.45, 2.75) is 12.1 Å². The highest BCUT2D eigenvalue weighted by molar-refractivity contribution is 6.35. The summed E-state index contributed by atoms with van der Waals surface area (Å²) in [6.07, 6.45) is -0.274. The van der Waals surface area contributed by atoms with Crippen LogP contribution in [0.3, 0.4) is 0 Å². The number of nitrogens with one attached hydrogen (secondary N) is 1. The van der Waals surface area contributed by atoms with Crippen molar-refractivity contribution in [2.75, 3.05) is 13.2 Å². The Morgan fingerprint density at radius 3 is 2.52 bits per heavy atom. The van der Waals surface area contributed by atoms with Crippen LogP contribution in [-0.4, -0.2) is 13.2 Å². The molecule has 0 aromatic heterocycles. The van der Waals surface area contributed by atoms with Gasteiger partial charge < -0.3 is 10.1 Å². The fourth-order valence-electron chi connectivity index (χ4n) is 2.46. The Kier molecular flexibility index (Phi) is 4.45. The Balaban J connectivity index is 1.73. The van der Waals surface area contributed by atoms with E-state index in [0.29, 0.717) is 23.7 Å². The molecule has 0 amide bonds. The van der Waals surface area contributed by atoms with E-state index in [4.69, 9.17) is 27.9 Å². The van der Waals surface area contributed by atoms with Crippen molar-refractivity contribution in [3.63, 3.8) is 0 Å². The molecular weight excluding hydrogens is 312 g/mol. The average Bonchev–Trinajstić information content (AvgIpc) is 2.52. The van der Waals surface area contributed by atoms with Crippen LogP contribution in [-0.2, 0) is 4.74 Å². The molecule has 2 nitrogen and oxygen atoms in total. The zero-order chi connectivity index (χ0) is 14.8. The molecule has 1 fully saturated rings. The van der Waals surface area contributed by atoms with Crippen LogP contribution < -0.4 is 5.32 Å². The van der Waals surface area contributed by atoms with Gasteiger partial charge in [-0.2, -0.15) is 0 Å². The molecule has 2 aromatic rings. The SMILES string of the molecule is Fc1cc(C2CNC(c3ccccc3)CO2)c(Cl)cc1Cl. The van der Waals surface area contributed by atoms with E-state index in [0.717, 1.165) is 0 Å². The molecule has 21 heavy (non-hydrogen) atoms. The van der Waals surface area contributed by atoms with Gasteiger partial charge in [-0.1, -0.05) is 53.5 Å². The molecule has 3 rings (SSSR count). The maximum Gasteiger partial charge on any atom is 0.142 e. The molecule has 2 aromatic carbocycles. The zero-order valence-electron chi connectivity index (χ0n) is 11.2. The summed E-state index contributed by atoms with van der Waals surface area (Å²) in [5.74, 6) is -0.482. The van der Waals surface area contributed by atoms with E-state index in [1.165, 1.54) is 17.7 Å². The van der Waals surface area contributed by atoms with Crippen molar-refractivity contribution < 1.29 is 9.13 Å². The van der Waals surface area contributed by atoms with Gasteiger partial charge in [0.15, 0.2) is 0 Å². The van der Waals surface area contributed by atoms with Crippen molar-refractivity contribution >= 4 is 23.2 Å². The third-order valence-corrected chi connectivity index (χ3v) is 4.22. The Morgan fingerprint density at radius 1 is 1.10 bits per heavy atom. The number of halogens is 3. The molecule has 1 heterocycles. The molecule has 1 N–H and O–H groups in total. The van der Waals surface area contributed by atoms with E-state index in [1.807, 2.05) is 18.2 Å². The second-order valence-corrected chi connectivity index (χ2v) is 5.80. The molecule has 2 unspecified atom stereocenters. The third kappa shape index (κ3) is 3.22. The minimum absolute atomic E-state index is 0.0229. The maximum absolute atomic E-state index is 13.6. The average molecular weight is 326 g/mol. The first-order valence-electron chi connectivity index (χ1n) is 6.69. The van der Waals surface area contributed by atoms with Gasteiger partial charge in [-0.15, -0.1) is 0 Å². The van der Waals surface area contributed by atoms with E-state index in [-0.39, 0.29) is 17.2 Å². The fourth-order valence-corrected chi connectivity index (χ4v) is 2.97. The van der Waals surface area contributed by atoms with Gasteiger partial charge >= 0.3 is 0 Å². The summed E-state index contributed by atoms with van der Waals surface area (Å²) in [4.78, 5) is 0. The smallest absolute Gasteiger partial charge is 0.142 e. The number of ether oxygens (including phenoxy) is 1. The highest BCUT2D eigenvalue weighted by atomic mass is 35.5. The predicted octanol–water partition coefficient (Wildman–Crippen LogP) is 4.53. The van der Waals surface area contributed by atoms with Crippen molar-refractivity contribution in [3.05, 3.63) is 69.5 Å². The van der Waals surface area contributed by atoms with E-state index >= 15 is 0 Å². The normalized spacial score (nSPS) is 22.2. The lowest BCUT2D eigenvalue weighted by atomic mass is 10.0. The molecule has 110 valence electrons. The molecule has 1 aliphatic heterocycles. The van der Waals surface area contributed by atoms with E-state index < -0.39 is 5.82 Å². The summed E-state index contributed by atoms with van der Waals surface area (Å²) in [5, 5.41) is 3.85. The van der Waals surface area contributed by atoms with Crippen LogP contribution in [0.1, 0.15) is 23.3 Å². The minimum atomic E-state index is -0.482. The van der Waals surface area contributed by atoms with Crippen LogP contribution in [0.2, 0.25) is 10.0 Å². The molecule has 2 atom stereocenters. The highest BCUT2D eigenvalue weighted by Gasteiger charge is 2.25. The number of hydrogen-bond acceptors (Lipinski definition) is 2. The van der Waals surface area contributed by atoms with Crippen molar-refractivity contribution in [3.8, 4) is 0 Å². The summed E-state index contributed by atoms with van der Waals surface area (Å²) in [6.45, 7) is 1.08. The van der Waals surface area contributed by atoms with Crippen LogP contribution in [0.25, 0.3) is 0 Å². The van der Waals surface area contributed by atoms with Crippen molar-refractivity contribution in [1.29, 1.82) is 0 Å². The summed E-state index contributed by atoms with van der Waals surface area (Å²) in [6, 6.07) is 13.0. The Labute approximate surface area is 132 Å². The van der Waals surface area contributed by atoms with E-state index in [1.54, 1.807) is 0 Å². The van der Waals surface area contributed by atoms with Crippen LogP contribution in [0, 0.1) is 5.82 Å². The quantitative estimate of drug-likeness (QED) is 0.819.